The maximum absolute atomic E-state index is 14.2. The summed E-state index contributed by atoms with van der Waals surface area (Å²) in [5.41, 5.74) is 2.89. The van der Waals surface area contributed by atoms with Gasteiger partial charge in [-0.1, -0.05) is 63.1 Å². The highest BCUT2D eigenvalue weighted by atomic mass is 19.1. The van der Waals surface area contributed by atoms with Crippen molar-refractivity contribution in [2.45, 2.75) is 46.0 Å². The first kappa shape index (κ1) is 17.4. The van der Waals surface area contributed by atoms with Crippen LogP contribution in [0.5, 0.6) is 0 Å². The first-order valence-electron chi connectivity index (χ1n) is 8.40. The van der Waals surface area contributed by atoms with Gasteiger partial charge in [-0.15, -0.1) is 0 Å². The number of benzene rings is 2. The molecular weight excluding hydrogens is 290 g/mol. The number of rotatable bonds is 7. The molecule has 0 heterocycles. The third-order valence-corrected chi connectivity index (χ3v) is 3.93. The van der Waals surface area contributed by atoms with Crippen molar-refractivity contribution < 1.29 is 8.78 Å². The first-order valence-corrected chi connectivity index (χ1v) is 8.40. The van der Waals surface area contributed by atoms with E-state index >= 15 is 0 Å². The summed E-state index contributed by atoms with van der Waals surface area (Å²) in [5, 5.41) is 0. The van der Waals surface area contributed by atoms with Gasteiger partial charge < -0.3 is 0 Å². The zero-order valence-corrected chi connectivity index (χ0v) is 13.9. The average Bonchev–Trinajstić information content (AvgIpc) is 2.56. The van der Waals surface area contributed by atoms with E-state index in [1.807, 2.05) is 12.1 Å². The van der Waals surface area contributed by atoms with Crippen LogP contribution in [-0.2, 0) is 6.42 Å². The molecule has 2 heteroatoms. The molecule has 0 radical (unpaired) electrons. The Bertz CT molecular complexity index is 654. The predicted octanol–water partition coefficient (Wildman–Crippen LogP) is 6.95. The summed E-state index contributed by atoms with van der Waals surface area (Å²) >= 11 is 0. The lowest BCUT2D eigenvalue weighted by Crippen LogP contribution is -1.89. The number of unbranched alkanes of at least 4 members (excludes halogenated alkanes) is 2. The van der Waals surface area contributed by atoms with Crippen LogP contribution in [0, 0.1) is 5.82 Å². The second-order valence-electron chi connectivity index (χ2n) is 5.84. The largest absolute Gasteiger partial charge is 0.207 e. The summed E-state index contributed by atoms with van der Waals surface area (Å²) in [6.07, 6.45) is 6.29. The van der Waals surface area contributed by atoms with E-state index in [2.05, 4.69) is 13.8 Å². The van der Waals surface area contributed by atoms with Crippen LogP contribution < -0.4 is 0 Å². The molecule has 0 fully saturated rings. The molecule has 0 aliphatic carbocycles. The van der Waals surface area contributed by atoms with E-state index in [-0.39, 0.29) is 11.6 Å². The molecule has 0 unspecified atom stereocenters. The number of allylic oxidation sites excluding steroid dienone is 1. The highest BCUT2D eigenvalue weighted by molar-refractivity contribution is 5.68. The van der Waals surface area contributed by atoms with Crippen molar-refractivity contribution in [2.75, 3.05) is 0 Å². The van der Waals surface area contributed by atoms with E-state index in [4.69, 9.17) is 0 Å². The standard InChI is InChI=1S/C21H24F2/c1-3-5-6-8-20(22)18-12-10-17(11-13-18)19-14-9-16(7-4-2)15-21(19)23/h8-15H,3-7H2,1-2H3/b20-8+. The highest BCUT2D eigenvalue weighted by Gasteiger charge is 2.07. The van der Waals surface area contributed by atoms with Crippen molar-refractivity contribution in [3.63, 3.8) is 0 Å². The Balaban J connectivity index is 2.18. The number of hydrogen-bond donors (Lipinski definition) is 0. The quantitative estimate of drug-likeness (QED) is 0.485. The lowest BCUT2D eigenvalue weighted by Gasteiger charge is -2.07. The van der Waals surface area contributed by atoms with Gasteiger partial charge in [0.1, 0.15) is 11.6 Å². The molecule has 2 aromatic carbocycles. The summed E-state index contributed by atoms with van der Waals surface area (Å²) in [6.45, 7) is 4.16. The Morgan fingerprint density at radius 1 is 1.00 bits per heavy atom. The molecule has 2 aromatic rings. The van der Waals surface area contributed by atoms with E-state index in [1.54, 1.807) is 36.4 Å². The maximum Gasteiger partial charge on any atom is 0.131 e. The minimum Gasteiger partial charge on any atom is -0.207 e. The SMILES string of the molecule is CCCC/C=C(/F)c1ccc(-c2ccc(CCC)cc2F)cc1. The van der Waals surface area contributed by atoms with Gasteiger partial charge in [-0.25, -0.2) is 8.78 Å². The molecule has 0 saturated heterocycles. The Labute approximate surface area is 137 Å². The van der Waals surface area contributed by atoms with Gasteiger partial charge in [-0.05, 0) is 42.5 Å². The molecule has 0 aromatic heterocycles. The van der Waals surface area contributed by atoms with Crippen molar-refractivity contribution >= 4 is 5.83 Å². The molecule has 23 heavy (non-hydrogen) atoms. The molecule has 0 aliphatic heterocycles. The molecule has 2 rings (SSSR count). The van der Waals surface area contributed by atoms with Gasteiger partial charge >= 0.3 is 0 Å². The number of halogens is 2. The van der Waals surface area contributed by atoms with Crippen LogP contribution >= 0.6 is 0 Å². The van der Waals surface area contributed by atoms with E-state index in [0.717, 1.165) is 43.2 Å². The monoisotopic (exact) mass is 314 g/mol. The fourth-order valence-corrected chi connectivity index (χ4v) is 2.60. The van der Waals surface area contributed by atoms with E-state index in [0.29, 0.717) is 11.1 Å². The van der Waals surface area contributed by atoms with Crippen LogP contribution in [0.4, 0.5) is 8.78 Å². The van der Waals surface area contributed by atoms with Crippen LogP contribution in [0.1, 0.15) is 50.7 Å². The Kier molecular flexibility index (Phi) is 6.52. The second kappa shape index (κ2) is 8.61. The highest BCUT2D eigenvalue weighted by Crippen LogP contribution is 2.26. The summed E-state index contributed by atoms with van der Waals surface area (Å²) in [7, 11) is 0. The molecule has 0 saturated carbocycles. The van der Waals surface area contributed by atoms with Crippen molar-refractivity contribution in [1.29, 1.82) is 0 Å². The van der Waals surface area contributed by atoms with Crippen molar-refractivity contribution in [3.8, 4) is 11.1 Å². The van der Waals surface area contributed by atoms with Crippen LogP contribution in [0.2, 0.25) is 0 Å². The first-order chi connectivity index (χ1) is 11.2. The van der Waals surface area contributed by atoms with Crippen LogP contribution in [0.3, 0.4) is 0 Å². The van der Waals surface area contributed by atoms with Gasteiger partial charge in [0.15, 0.2) is 0 Å². The Hall–Kier alpha value is -1.96. The summed E-state index contributed by atoms with van der Waals surface area (Å²) in [4.78, 5) is 0. The van der Waals surface area contributed by atoms with Crippen molar-refractivity contribution in [3.05, 3.63) is 65.5 Å². The third-order valence-electron chi connectivity index (χ3n) is 3.93. The lowest BCUT2D eigenvalue weighted by molar-refractivity contribution is 0.628. The molecular formula is C21H24F2. The second-order valence-corrected chi connectivity index (χ2v) is 5.84. The fourth-order valence-electron chi connectivity index (χ4n) is 2.60. The Morgan fingerprint density at radius 2 is 1.74 bits per heavy atom. The van der Waals surface area contributed by atoms with Crippen molar-refractivity contribution in [1.82, 2.24) is 0 Å². The zero-order chi connectivity index (χ0) is 16.7. The molecule has 0 bridgehead atoms. The summed E-state index contributed by atoms with van der Waals surface area (Å²) < 4.78 is 28.2. The number of hydrogen-bond acceptors (Lipinski definition) is 0. The van der Waals surface area contributed by atoms with E-state index in [1.165, 1.54) is 0 Å². The van der Waals surface area contributed by atoms with Gasteiger partial charge in [0.2, 0.25) is 0 Å². The molecule has 0 spiro atoms. The maximum atomic E-state index is 14.2. The Morgan fingerprint density at radius 3 is 2.35 bits per heavy atom. The van der Waals surface area contributed by atoms with E-state index < -0.39 is 0 Å². The van der Waals surface area contributed by atoms with Crippen LogP contribution in [0.25, 0.3) is 17.0 Å². The molecule has 0 atom stereocenters. The zero-order valence-electron chi connectivity index (χ0n) is 13.9. The lowest BCUT2D eigenvalue weighted by atomic mass is 10.00. The molecule has 122 valence electrons. The van der Waals surface area contributed by atoms with Gasteiger partial charge in [0.05, 0.1) is 0 Å². The third kappa shape index (κ3) is 4.75. The van der Waals surface area contributed by atoms with Crippen LogP contribution in [0.15, 0.2) is 48.5 Å². The van der Waals surface area contributed by atoms with E-state index in [9.17, 15) is 8.78 Å². The van der Waals surface area contributed by atoms with Crippen LogP contribution in [-0.4, -0.2) is 0 Å². The summed E-state index contributed by atoms with van der Waals surface area (Å²) in [5.74, 6) is -0.425. The average molecular weight is 314 g/mol. The molecule has 0 nitrogen and oxygen atoms in total. The predicted molar refractivity (Wildman–Crippen MR) is 94.4 cm³/mol. The molecule has 0 amide bonds. The van der Waals surface area contributed by atoms with Gasteiger partial charge in [-0.3, -0.25) is 0 Å². The summed E-state index contributed by atoms with van der Waals surface area (Å²) in [6, 6.07) is 12.3. The smallest absolute Gasteiger partial charge is 0.131 e. The molecule has 0 N–H and O–H groups in total. The number of aryl methyl sites for hydroxylation is 1. The topological polar surface area (TPSA) is 0 Å². The fraction of sp³-hybridized carbons (Fsp3) is 0.333. The van der Waals surface area contributed by atoms with Gasteiger partial charge in [0, 0.05) is 11.1 Å². The normalized spacial score (nSPS) is 11.7. The minimum absolute atomic E-state index is 0.205. The van der Waals surface area contributed by atoms with Gasteiger partial charge in [-0.2, -0.15) is 0 Å². The van der Waals surface area contributed by atoms with Crippen molar-refractivity contribution in [2.24, 2.45) is 0 Å². The molecule has 0 aliphatic rings. The minimum atomic E-state index is -0.220. The van der Waals surface area contributed by atoms with Gasteiger partial charge in [0.25, 0.3) is 0 Å².